The van der Waals surface area contributed by atoms with Gasteiger partial charge in [-0.1, -0.05) is 0 Å². The summed E-state index contributed by atoms with van der Waals surface area (Å²) in [6.45, 7) is 1.39. The highest BCUT2D eigenvalue weighted by Crippen LogP contribution is 2.20. The third-order valence-corrected chi connectivity index (χ3v) is 2.03. The number of anilines is 1. The summed E-state index contributed by atoms with van der Waals surface area (Å²) in [6.07, 6.45) is -1.05. The molecule has 1 aromatic rings. The minimum absolute atomic E-state index is 0.380. The smallest absolute Gasteiger partial charge is 0.252 e. The third-order valence-electron chi connectivity index (χ3n) is 1.63. The van der Waals surface area contributed by atoms with Gasteiger partial charge in [-0.15, -0.1) is 0 Å². The summed E-state index contributed by atoms with van der Waals surface area (Å²) in [7, 11) is 1.48. The Hall–Kier alpha value is -1.14. The van der Waals surface area contributed by atoms with Crippen LogP contribution in [0.25, 0.3) is 0 Å². The lowest BCUT2D eigenvalue weighted by atomic mass is 10.3. The summed E-state index contributed by atoms with van der Waals surface area (Å²) in [6, 6.07) is 3.17. The molecule has 2 N–H and O–H groups in total. The maximum Gasteiger partial charge on any atom is 0.252 e. The van der Waals surface area contributed by atoms with E-state index < -0.39 is 12.0 Å². The number of carbonyl (C=O) groups excluding carboxylic acids is 1. The van der Waals surface area contributed by atoms with Gasteiger partial charge in [0.25, 0.3) is 5.91 Å². The van der Waals surface area contributed by atoms with Gasteiger partial charge < -0.3 is 15.2 Å². The van der Waals surface area contributed by atoms with Crippen LogP contribution in [0.2, 0.25) is 0 Å². The predicted octanol–water partition coefficient (Wildman–Crippen LogP) is 1.17. The molecule has 0 aromatic carbocycles. The normalized spacial score (nSPS) is 12.0. The van der Waals surface area contributed by atoms with Crippen molar-refractivity contribution in [2.75, 3.05) is 12.4 Å². The number of methoxy groups -OCH3 is 1. The van der Waals surface area contributed by atoms with Crippen molar-refractivity contribution in [3.05, 3.63) is 16.7 Å². The molecular weight excluding hydrogens is 264 g/mol. The zero-order chi connectivity index (χ0) is 11.4. The number of aliphatic hydroxyl groups excluding tert-OH is 1. The fourth-order valence-corrected chi connectivity index (χ4v) is 1.32. The van der Waals surface area contributed by atoms with Gasteiger partial charge >= 0.3 is 0 Å². The van der Waals surface area contributed by atoms with Crippen LogP contribution in [0.3, 0.4) is 0 Å². The van der Waals surface area contributed by atoms with Gasteiger partial charge in [0.2, 0.25) is 5.88 Å². The molecule has 15 heavy (non-hydrogen) atoms. The molecule has 0 aliphatic heterocycles. The Labute approximate surface area is 95.6 Å². The summed E-state index contributed by atoms with van der Waals surface area (Å²) in [4.78, 5) is 15.2. The van der Waals surface area contributed by atoms with Gasteiger partial charge in [-0.3, -0.25) is 4.79 Å². The van der Waals surface area contributed by atoms with E-state index >= 15 is 0 Å². The molecule has 0 bridgehead atoms. The van der Waals surface area contributed by atoms with Crippen LogP contribution in [0.4, 0.5) is 5.69 Å². The van der Waals surface area contributed by atoms with Gasteiger partial charge in [-0.25, -0.2) is 4.98 Å². The Morgan fingerprint density at radius 1 is 1.67 bits per heavy atom. The van der Waals surface area contributed by atoms with E-state index in [1.165, 1.54) is 14.0 Å². The van der Waals surface area contributed by atoms with Crippen LogP contribution in [0.5, 0.6) is 5.88 Å². The monoisotopic (exact) mass is 274 g/mol. The molecule has 0 saturated carbocycles. The van der Waals surface area contributed by atoms with Gasteiger partial charge in [0.15, 0.2) is 0 Å². The summed E-state index contributed by atoms with van der Waals surface area (Å²) in [5.41, 5.74) is 0.514. The molecule has 0 aliphatic carbocycles. The molecule has 1 amide bonds. The van der Waals surface area contributed by atoms with E-state index in [9.17, 15) is 4.79 Å². The van der Waals surface area contributed by atoms with E-state index in [0.29, 0.717) is 16.2 Å². The number of pyridine rings is 1. The van der Waals surface area contributed by atoms with Crippen molar-refractivity contribution in [3.8, 4) is 5.88 Å². The first-order valence-corrected chi connectivity index (χ1v) is 5.02. The first kappa shape index (κ1) is 11.9. The van der Waals surface area contributed by atoms with Crippen LogP contribution in [-0.2, 0) is 4.79 Å². The fourth-order valence-electron chi connectivity index (χ4n) is 0.896. The van der Waals surface area contributed by atoms with Crippen LogP contribution in [0.1, 0.15) is 6.92 Å². The van der Waals surface area contributed by atoms with Crippen molar-refractivity contribution < 1.29 is 14.6 Å². The van der Waals surface area contributed by atoms with Crippen molar-refractivity contribution >= 4 is 27.5 Å². The first-order chi connectivity index (χ1) is 7.02. The van der Waals surface area contributed by atoms with Crippen molar-refractivity contribution in [3.63, 3.8) is 0 Å². The lowest BCUT2D eigenvalue weighted by Gasteiger charge is -2.08. The highest BCUT2D eigenvalue weighted by atomic mass is 79.9. The van der Waals surface area contributed by atoms with Crippen LogP contribution in [0, 0.1) is 0 Å². The highest BCUT2D eigenvalue weighted by Gasteiger charge is 2.10. The second-order valence-electron chi connectivity index (χ2n) is 2.89. The molecular formula is C9H11BrN2O3. The number of nitrogens with zero attached hydrogens (tertiary/aromatic N) is 1. The summed E-state index contributed by atoms with van der Waals surface area (Å²) in [5, 5.41) is 11.5. The molecule has 0 spiro atoms. The van der Waals surface area contributed by atoms with Crippen molar-refractivity contribution in [1.82, 2.24) is 4.98 Å². The summed E-state index contributed by atoms with van der Waals surface area (Å²) in [5.74, 6) is -0.0968. The maximum atomic E-state index is 11.2. The molecule has 0 saturated heterocycles. The minimum Gasteiger partial charge on any atom is -0.481 e. The second kappa shape index (κ2) is 5.09. The quantitative estimate of drug-likeness (QED) is 0.812. The minimum atomic E-state index is -1.05. The standard InChI is InChI=1S/C9H11BrN2O3/c1-5(13)9(14)11-6-3-7(10)12-8(4-6)15-2/h3-5,13H,1-2H3,(H,11,12,14). The van der Waals surface area contributed by atoms with Gasteiger partial charge in [0, 0.05) is 11.8 Å². The number of halogens is 1. The number of carbonyl (C=O) groups is 1. The average molecular weight is 275 g/mol. The Morgan fingerprint density at radius 3 is 2.87 bits per heavy atom. The molecule has 1 heterocycles. The number of nitrogens with one attached hydrogen (secondary N) is 1. The number of hydrogen-bond acceptors (Lipinski definition) is 4. The van der Waals surface area contributed by atoms with E-state index in [1.54, 1.807) is 12.1 Å². The molecule has 1 atom stereocenters. The van der Waals surface area contributed by atoms with Gasteiger partial charge in [-0.2, -0.15) is 0 Å². The van der Waals surface area contributed by atoms with E-state index in [1.807, 2.05) is 0 Å². The fraction of sp³-hybridized carbons (Fsp3) is 0.333. The zero-order valence-corrected chi connectivity index (χ0v) is 9.91. The second-order valence-corrected chi connectivity index (χ2v) is 3.70. The first-order valence-electron chi connectivity index (χ1n) is 4.23. The highest BCUT2D eigenvalue weighted by molar-refractivity contribution is 9.10. The molecule has 1 unspecified atom stereocenters. The van der Waals surface area contributed by atoms with E-state index in [4.69, 9.17) is 9.84 Å². The van der Waals surface area contributed by atoms with Crippen molar-refractivity contribution in [2.24, 2.45) is 0 Å². The maximum absolute atomic E-state index is 11.2. The topological polar surface area (TPSA) is 71.5 Å². The zero-order valence-electron chi connectivity index (χ0n) is 8.32. The Balaban J connectivity index is 2.85. The molecule has 5 nitrogen and oxygen atoms in total. The number of amides is 1. The molecule has 1 rings (SSSR count). The van der Waals surface area contributed by atoms with E-state index in [-0.39, 0.29) is 0 Å². The van der Waals surface area contributed by atoms with Crippen LogP contribution in [-0.4, -0.2) is 29.2 Å². The van der Waals surface area contributed by atoms with Gasteiger partial charge in [0.05, 0.1) is 7.11 Å². The predicted molar refractivity (Wildman–Crippen MR) is 58.8 cm³/mol. The Morgan fingerprint density at radius 2 is 2.33 bits per heavy atom. The van der Waals surface area contributed by atoms with E-state index in [0.717, 1.165) is 0 Å². The van der Waals surface area contributed by atoms with Gasteiger partial charge in [-0.05, 0) is 28.9 Å². The Bertz CT molecular complexity index is 368. The number of hydrogen-bond donors (Lipinski definition) is 2. The van der Waals surface area contributed by atoms with Crippen LogP contribution < -0.4 is 10.1 Å². The SMILES string of the molecule is COc1cc(NC(=O)C(C)O)cc(Br)n1. The van der Waals surface area contributed by atoms with Crippen LogP contribution >= 0.6 is 15.9 Å². The van der Waals surface area contributed by atoms with Crippen LogP contribution in [0.15, 0.2) is 16.7 Å². The third kappa shape index (κ3) is 3.49. The van der Waals surface area contributed by atoms with Crippen molar-refractivity contribution in [1.29, 1.82) is 0 Å². The number of rotatable bonds is 3. The number of aliphatic hydroxyl groups is 1. The lowest BCUT2D eigenvalue weighted by Crippen LogP contribution is -2.24. The molecule has 0 fully saturated rings. The number of aromatic nitrogens is 1. The summed E-state index contributed by atoms with van der Waals surface area (Å²) < 4.78 is 5.47. The average Bonchev–Trinajstić information content (AvgIpc) is 2.16. The van der Waals surface area contributed by atoms with E-state index in [2.05, 4.69) is 26.2 Å². The molecule has 82 valence electrons. The molecule has 0 radical (unpaired) electrons. The van der Waals surface area contributed by atoms with Crippen molar-refractivity contribution in [2.45, 2.75) is 13.0 Å². The summed E-state index contributed by atoms with van der Waals surface area (Å²) >= 11 is 3.18. The Kier molecular flexibility index (Phi) is 4.05. The molecule has 6 heteroatoms. The molecule has 1 aromatic heterocycles. The van der Waals surface area contributed by atoms with Gasteiger partial charge in [0.1, 0.15) is 10.7 Å². The molecule has 0 aliphatic rings. The number of ether oxygens (including phenoxy) is 1. The largest absolute Gasteiger partial charge is 0.481 e. The lowest BCUT2D eigenvalue weighted by molar-refractivity contribution is -0.123.